The molecule has 3 aromatic rings. The topological polar surface area (TPSA) is 93.2 Å². The Bertz CT molecular complexity index is 1160. The Labute approximate surface area is 172 Å². The zero-order chi connectivity index (χ0) is 21.0. The molecule has 0 unspecified atom stereocenters. The minimum absolute atomic E-state index is 0.0464. The summed E-state index contributed by atoms with van der Waals surface area (Å²) in [7, 11) is -4.11. The molecule has 1 aromatic heterocycles. The van der Waals surface area contributed by atoms with Crippen LogP contribution >= 0.6 is 11.3 Å². The number of nitrogens with one attached hydrogen (secondary N) is 1. The number of sulfone groups is 1. The number of amides is 1. The Morgan fingerprint density at radius 2 is 1.69 bits per heavy atom. The minimum atomic E-state index is -4.11. The molecule has 2 aromatic carbocycles. The fourth-order valence-electron chi connectivity index (χ4n) is 2.57. The van der Waals surface area contributed by atoms with Crippen LogP contribution < -0.4 is 5.32 Å². The Hall–Kier alpha value is -3.10. The number of Topliss-reactive ketones (excluding diaryl/α,β-unsaturated/α-hetero) is 1. The van der Waals surface area contributed by atoms with Crippen LogP contribution in [0.1, 0.15) is 27.9 Å². The number of aryl methyl sites for hydroxylation is 1. The molecular weight excluding hydrogens is 408 g/mol. The van der Waals surface area contributed by atoms with Gasteiger partial charge in [0.2, 0.25) is 21.5 Å². The number of aromatic nitrogens is 1. The minimum Gasteiger partial charge on any atom is -0.326 e. The molecule has 1 amide bonds. The van der Waals surface area contributed by atoms with Crippen molar-refractivity contribution in [3.8, 4) is 0 Å². The molecule has 3 rings (SSSR count). The van der Waals surface area contributed by atoms with Crippen molar-refractivity contribution in [2.45, 2.75) is 18.7 Å². The molecule has 1 heterocycles. The lowest BCUT2D eigenvalue weighted by Crippen LogP contribution is -2.14. The molecule has 0 saturated carbocycles. The molecule has 0 saturated heterocycles. The van der Waals surface area contributed by atoms with Crippen LogP contribution in [0.5, 0.6) is 0 Å². The van der Waals surface area contributed by atoms with Gasteiger partial charge in [-0.3, -0.25) is 9.59 Å². The van der Waals surface area contributed by atoms with Crippen molar-refractivity contribution in [3.05, 3.63) is 81.1 Å². The van der Waals surface area contributed by atoms with E-state index in [1.807, 2.05) is 19.1 Å². The first kappa shape index (κ1) is 20.6. The number of rotatable bonds is 6. The normalized spacial score (nSPS) is 11.9. The van der Waals surface area contributed by atoms with Crippen LogP contribution in [0.4, 0.5) is 5.69 Å². The van der Waals surface area contributed by atoms with E-state index in [9.17, 15) is 18.0 Å². The number of carbonyl (C=O) groups is 2. The number of hydrogen-bond acceptors (Lipinski definition) is 6. The zero-order valence-corrected chi connectivity index (χ0v) is 17.4. The van der Waals surface area contributed by atoms with E-state index >= 15 is 0 Å². The summed E-state index contributed by atoms with van der Waals surface area (Å²) < 4.78 is 26.5. The van der Waals surface area contributed by atoms with Crippen molar-refractivity contribution in [2.75, 3.05) is 5.32 Å². The lowest BCUT2D eigenvalue weighted by molar-refractivity contribution is -0.114. The van der Waals surface area contributed by atoms with Crippen molar-refractivity contribution in [3.63, 3.8) is 0 Å². The molecule has 0 atom stereocenters. The summed E-state index contributed by atoms with van der Waals surface area (Å²) in [6, 6.07) is 12.9. The van der Waals surface area contributed by atoms with Gasteiger partial charge in [0.1, 0.15) is 4.91 Å². The second-order valence-electron chi connectivity index (χ2n) is 6.29. The van der Waals surface area contributed by atoms with Crippen LogP contribution in [0.15, 0.2) is 69.9 Å². The standard InChI is InChI=1S/C21H18N2O4S2/c1-14-3-5-16(6-4-14)13-19(20(25)21-22-11-12-28-21)29(26,27)18-9-7-17(8-10-18)23-15(2)24/h3-13H,1-2H3,(H,23,24)/b19-13-. The van der Waals surface area contributed by atoms with Crippen molar-refractivity contribution in [2.24, 2.45) is 0 Å². The van der Waals surface area contributed by atoms with Crippen molar-refractivity contribution in [1.29, 1.82) is 0 Å². The van der Waals surface area contributed by atoms with E-state index in [2.05, 4.69) is 10.3 Å². The van der Waals surface area contributed by atoms with E-state index < -0.39 is 15.6 Å². The number of benzene rings is 2. The van der Waals surface area contributed by atoms with Gasteiger partial charge in [-0.2, -0.15) is 0 Å². The van der Waals surface area contributed by atoms with Gasteiger partial charge in [0.05, 0.1) is 4.90 Å². The van der Waals surface area contributed by atoms with Gasteiger partial charge in [-0.05, 0) is 42.8 Å². The van der Waals surface area contributed by atoms with Gasteiger partial charge in [0.15, 0.2) is 5.01 Å². The Kier molecular flexibility index (Phi) is 6.05. The van der Waals surface area contributed by atoms with Crippen molar-refractivity contribution < 1.29 is 18.0 Å². The molecular formula is C21H18N2O4S2. The fourth-order valence-corrected chi connectivity index (χ4v) is 4.60. The molecule has 148 valence electrons. The molecule has 0 aliphatic carbocycles. The van der Waals surface area contributed by atoms with E-state index in [1.54, 1.807) is 17.5 Å². The van der Waals surface area contributed by atoms with Crippen LogP contribution in [0, 0.1) is 6.92 Å². The summed E-state index contributed by atoms with van der Waals surface area (Å²) in [5.74, 6) is -0.925. The number of hydrogen-bond donors (Lipinski definition) is 1. The maximum absolute atomic E-state index is 13.3. The average Bonchev–Trinajstić information content (AvgIpc) is 3.22. The fraction of sp³-hybridized carbons (Fsp3) is 0.0952. The smallest absolute Gasteiger partial charge is 0.233 e. The third-order valence-electron chi connectivity index (χ3n) is 4.00. The predicted molar refractivity (Wildman–Crippen MR) is 114 cm³/mol. The SMILES string of the molecule is CC(=O)Nc1ccc(S(=O)(=O)/C(=C\c2ccc(C)cc2)C(=O)c2nccs2)cc1. The highest BCUT2D eigenvalue weighted by molar-refractivity contribution is 7.96. The Morgan fingerprint density at radius 1 is 1.03 bits per heavy atom. The maximum atomic E-state index is 13.3. The van der Waals surface area contributed by atoms with E-state index in [0.717, 1.165) is 16.9 Å². The monoisotopic (exact) mass is 426 g/mol. The molecule has 0 radical (unpaired) electrons. The third kappa shape index (κ3) is 4.85. The summed E-state index contributed by atoms with van der Waals surface area (Å²) >= 11 is 1.08. The van der Waals surface area contributed by atoms with Crippen molar-refractivity contribution in [1.82, 2.24) is 4.98 Å². The predicted octanol–water partition coefficient (Wildman–Crippen LogP) is 4.11. The lowest BCUT2D eigenvalue weighted by atomic mass is 10.1. The number of ketones is 1. The van der Waals surface area contributed by atoms with E-state index in [1.165, 1.54) is 43.5 Å². The van der Waals surface area contributed by atoms with Crippen LogP contribution in [-0.2, 0) is 14.6 Å². The van der Waals surface area contributed by atoms with Crippen LogP contribution in [0.2, 0.25) is 0 Å². The number of anilines is 1. The summed E-state index contributed by atoms with van der Waals surface area (Å²) in [6.45, 7) is 3.28. The quantitative estimate of drug-likeness (QED) is 0.473. The highest BCUT2D eigenvalue weighted by Gasteiger charge is 2.29. The van der Waals surface area contributed by atoms with Gasteiger partial charge in [0, 0.05) is 24.2 Å². The highest BCUT2D eigenvalue weighted by Crippen LogP contribution is 2.27. The lowest BCUT2D eigenvalue weighted by Gasteiger charge is -2.09. The number of carbonyl (C=O) groups excluding carboxylic acids is 2. The molecule has 29 heavy (non-hydrogen) atoms. The molecule has 1 N–H and O–H groups in total. The largest absolute Gasteiger partial charge is 0.326 e. The average molecular weight is 427 g/mol. The summed E-state index contributed by atoms with van der Waals surface area (Å²) in [4.78, 5) is 27.7. The molecule has 0 aliphatic rings. The molecule has 6 nitrogen and oxygen atoms in total. The number of nitrogens with zero attached hydrogens (tertiary/aromatic N) is 1. The summed E-state index contributed by atoms with van der Waals surface area (Å²) in [5, 5.41) is 4.29. The maximum Gasteiger partial charge on any atom is 0.233 e. The molecule has 0 aliphatic heterocycles. The van der Waals surface area contributed by atoms with Gasteiger partial charge >= 0.3 is 0 Å². The van der Waals surface area contributed by atoms with Gasteiger partial charge in [-0.15, -0.1) is 11.3 Å². The van der Waals surface area contributed by atoms with Gasteiger partial charge in [-0.1, -0.05) is 29.8 Å². The van der Waals surface area contributed by atoms with Crippen molar-refractivity contribution >= 4 is 44.6 Å². The second-order valence-corrected chi connectivity index (χ2v) is 9.11. The van der Waals surface area contributed by atoms with Gasteiger partial charge < -0.3 is 5.32 Å². The van der Waals surface area contributed by atoms with E-state index in [4.69, 9.17) is 0 Å². The van der Waals surface area contributed by atoms with Crippen LogP contribution in [0.25, 0.3) is 6.08 Å². The molecule has 8 heteroatoms. The first-order chi connectivity index (χ1) is 13.8. The van der Waals surface area contributed by atoms with E-state index in [0.29, 0.717) is 11.3 Å². The Morgan fingerprint density at radius 3 is 2.24 bits per heavy atom. The first-order valence-electron chi connectivity index (χ1n) is 8.62. The van der Waals surface area contributed by atoms with Crippen LogP contribution in [-0.4, -0.2) is 25.1 Å². The number of allylic oxidation sites excluding steroid dienone is 1. The molecule has 0 spiro atoms. The van der Waals surface area contributed by atoms with Gasteiger partial charge in [-0.25, -0.2) is 13.4 Å². The van der Waals surface area contributed by atoms with Crippen LogP contribution in [0.3, 0.4) is 0 Å². The Balaban J connectivity index is 2.08. The summed E-state index contributed by atoms with van der Waals surface area (Å²) in [6.07, 6.45) is 2.82. The highest BCUT2D eigenvalue weighted by atomic mass is 32.2. The second kappa shape index (κ2) is 8.50. The number of thiazole rings is 1. The summed E-state index contributed by atoms with van der Waals surface area (Å²) in [5.41, 5.74) is 2.08. The molecule has 0 bridgehead atoms. The third-order valence-corrected chi connectivity index (χ3v) is 6.55. The molecule has 0 fully saturated rings. The zero-order valence-electron chi connectivity index (χ0n) is 15.7. The van der Waals surface area contributed by atoms with E-state index in [-0.39, 0.29) is 20.7 Å². The first-order valence-corrected chi connectivity index (χ1v) is 11.0. The van der Waals surface area contributed by atoms with Gasteiger partial charge in [0.25, 0.3) is 0 Å².